The van der Waals surface area contributed by atoms with Crippen molar-refractivity contribution in [2.75, 3.05) is 27.2 Å². The standard InChI is InChI=1S/C12H18N2O2/c1-13(2)8-10-11(15)5-6-14(12(10)16)7-9-3-4-9/h8-9H,3-7H2,1-2H3/b10-8+. The van der Waals surface area contributed by atoms with Crippen LogP contribution in [-0.2, 0) is 9.59 Å². The molecule has 0 aromatic rings. The highest BCUT2D eigenvalue weighted by Gasteiger charge is 2.33. The molecule has 1 heterocycles. The zero-order chi connectivity index (χ0) is 11.7. The van der Waals surface area contributed by atoms with E-state index in [4.69, 9.17) is 0 Å². The van der Waals surface area contributed by atoms with Crippen LogP contribution in [0.4, 0.5) is 0 Å². The monoisotopic (exact) mass is 222 g/mol. The molecule has 0 radical (unpaired) electrons. The number of Topliss-reactive ketones (excluding diaryl/α,β-unsaturated/α-hetero) is 1. The van der Waals surface area contributed by atoms with Crippen LogP contribution in [0, 0.1) is 5.92 Å². The van der Waals surface area contributed by atoms with Gasteiger partial charge in [-0.3, -0.25) is 9.59 Å². The van der Waals surface area contributed by atoms with Gasteiger partial charge in [0.2, 0.25) is 0 Å². The van der Waals surface area contributed by atoms with Gasteiger partial charge in [0.1, 0.15) is 0 Å². The summed E-state index contributed by atoms with van der Waals surface area (Å²) in [5.41, 5.74) is 0.344. The molecule has 2 aliphatic rings. The Labute approximate surface area is 95.9 Å². The van der Waals surface area contributed by atoms with E-state index in [1.807, 2.05) is 19.0 Å². The van der Waals surface area contributed by atoms with Crippen LogP contribution in [0.2, 0.25) is 0 Å². The van der Waals surface area contributed by atoms with Gasteiger partial charge in [-0.2, -0.15) is 0 Å². The molecule has 2 rings (SSSR count). The topological polar surface area (TPSA) is 40.6 Å². The lowest BCUT2D eigenvalue weighted by atomic mass is 10.0. The number of nitrogens with zero attached hydrogens (tertiary/aromatic N) is 2. The fraction of sp³-hybridized carbons (Fsp3) is 0.667. The van der Waals surface area contributed by atoms with E-state index in [9.17, 15) is 9.59 Å². The Morgan fingerprint density at radius 1 is 1.38 bits per heavy atom. The first-order valence-electron chi connectivity index (χ1n) is 5.78. The quantitative estimate of drug-likeness (QED) is 0.520. The third-order valence-corrected chi connectivity index (χ3v) is 2.99. The largest absolute Gasteiger partial charge is 0.383 e. The van der Waals surface area contributed by atoms with E-state index in [1.54, 1.807) is 11.1 Å². The Balaban J connectivity index is 2.09. The molecule has 4 heteroatoms. The second-order valence-corrected chi connectivity index (χ2v) is 4.87. The maximum Gasteiger partial charge on any atom is 0.258 e. The highest BCUT2D eigenvalue weighted by atomic mass is 16.2. The fourth-order valence-electron chi connectivity index (χ4n) is 1.93. The predicted octanol–water partition coefficient (Wildman–Crippen LogP) is 0.643. The van der Waals surface area contributed by atoms with Gasteiger partial charge in [-0.15, -0.1) is 0 Å². The van der Waals surface area contributed by atoms with Crippen LogP contribution in [0.3, 0.4) is 0 Å². The summed E-state index contributed by atoms with van der Waals surface area (Å²) in [7, 11) is 3.65. The summed E-state index contributed by atoms with van der Waals surface area (Å²) >= 11 is 0. The summed E-state index contributed by atoms with van der Waals surface area (Å²) in [5.74, 6) is 0.570. The fourth-order valence-corrected chi connectivity index (χ4v) is 1.93. The van der Waals surface area contributed by atoms with Gasteiger partial charge in [0.05, 0.1) is 5.57 Å². The number of likely N-dealkylation sites (tertiary alicyclic amines) is 1. The molecule has 88 valence electrons. The lowest BCUT2D eigenvalue weighted by Gasteiger charge is -2.28. The molecule has 4 nitrogen and oxygen atoms in total. The van der Waals surface area contributed by atoms with Crippen LogP contribution < -0.4 is 0 Å². The summed E-state index contributed by atoms with van der Waals surface area (Å²) in [4.78, 5) is 27.3. The van der Waals surface area contributed by atoms with E-state index in [1.165, 1.54) is 12.8 Å². The Morgan fingerprint density at radius 2 is 2.06 bits per heavy atom. The summed E-state index contributed by atoms with van der Waals surface area (Å²) in [6.45, 7) is 1.43. The molecule has 1 saturated heterocycles. The van der Waals surface area contributed by atoms with E-state index in [0.29, 0.717) is 24.5 Å². The van der Waals surface area contributed by atoms with Crippen molar-refractivity contribution in [3.63, 3.8) is 0 Å². The Hall–Kier alpha value is -1.32. The summed E-state index contributed by atoms with van der Waals surface area (Å²) in [6.07, 6.45) is 4.57. The van der Waals surface area contributed by atoms with Crippen molar-refractivity contribution in [3.05, 3.63) is 11.8 Å². The third-order valence-electron chi connectivity index (χ3n) is 2.99. The average Bonchev–Trinajstić information content (AvgIpc) is 3.00. The minimum atomic E-state index is -0.0862. The minimum absolute atomic E-state index is 0.0225. The number of ketones is 1. The number of rotatable bonds is 3. The first kappa shape index (κ1) is 11.2. The van der Waals surface area contributed by atoms with Gasteiger partial charge >= 0.3 is 0 Å². The maximum atomic E-state index is 12.0. The summed E-state index contributed by atoms with van der Waals surface area (Å²) in [5, 5.41) is 0. The molecule has 1 aliphatic carbocycles. The molecule has 2 fully saturated rings. The molecule has 0 spiro atoms. The third kappa shape index (κ3) is 2.43. The molecule has 1 amide bonds. The van der Waals surface area contributed by atoms with Gasteiger partial charge in [0.25, 0.3) is 5.91 Å². The SMILES string of the molecule is CN(C)/C=C1\C(=O)CCN(CC2CC2)C1=O. The lowest BCUT2D eigenvalue weighted by molar-refractivity contribution is -0.133. The van der Waals surface area contributed by atoms with Crippen LogP contribution in [-0.4, -0.2) is 48.7 Å². The zero-order valence-corrected chi connectivity index (χ0v) is 9.90. The van der Waals surface area contributed by atoms with Crippen molar-refractivity contribution in [3.8, 4) is 0 Å². The first-order chi connectivity index (χ1) is 7.58. The predicted molar refractivity (Wildman–Crippen MR) is 60.7 cm³/mol. The van der Waals surface area contributed by atoms with Gasteiger partial charge in [-0.05, 0) is 18.8 Å². The molecular weight excluding hydrogens is 204 g/mol. The van der Waals surface area contributed by atoms with Gasteiger partial charge in [0, 0.05) is 39.8 Å². The number of amides is 1. The molecule has 0 unspecified atom stereocenters. The number of piperidine rings is 1. The molecule has 1 aliphatic heterocycles. The summed E-state index contributed by atoms with van der Waals surface area (Å²) in [6, 6.07) is 0. The number of hydrogen-bond donors (Lipinski definition) is 0. The van der Waals surface area contributed by atoms with E-state index in [-0.39, 0.29) is 11.7 Å². The maximum absolute atomic E-state index is 12.0. The first-order valence-corrected chi connectivity index (χ1v) is 5.78. The Kier molecular flexibility index (Phi) is 2.99. The molecule has 0 bridgehead atoms. The Bertz CT molecular complexity index is 343. The average molecular weight is 222 g/mol. The highest BCUT2D eigenvalue weighted by Crippen LogP contribution is 2.31. The molecule has 0 atom stereocenters. The summed E-state index contributed by atoms with van der Waals surface area (Å²) < 4.78 is 0. The highest BCUT2D eigenvalue weighted by molar-refractivity contribution is 6.20. The number of carbonyl (C=O) groups is 2. The number of hydrogen-bond acceptors (Lipinski definition) is 3. The zero-order valence-electron chi connectivity index (χ0n) is 9.90. The second-order valence-electron chi connectivity index (χ2n) is 4.87. The molecular formula is C12H18N2O2. The molecule has 1 saturated carbocycles. The minimum Gasteiger partial charge on any atom is -0.383 e. The van der Waals surface area contributed by atoms with Crippen molar-refractivity contribution in [1.82, 2.24) is 9.80 Å². The molecule has 16 heavy (non-hydrogen) atoms. The van der Waals surface area contributed by atoms with Crippen molar-refractivity contribution < 1.29 is 9.59 Å². The van der Waals surface area contributed by atoms with E-state index < -0.39 is 0 Å². The van der Waals surface area contributed by atoms with Crippen molar-refractivity contribution in [1.29, 1.82) is 0 Å². The van der Waals surface area contributed by atoms with Gasteiger partial charge < -0.3 is 9.80 Å². The Morgan fingerprint density at radius 3 is 2.62 bits per heavy atom. The molecule has 0 aromatic carbocycles. The van der Waals surface area contributed by atoms with Crippen molar-refractivity contribution in [2.45, 2.75) is 19.3 Å². The second kappa shape index (κ2) is 4.28. The van der Waals surface area contributed by atoms with Gasteiger partial charge in [-0.25, -0.2) is 0 Å². The van der Waals surface area contributed by atoms with E-state index in [2.05, 4.69) is 0 Å². The van der Waals surface area contributed by atoms with E-state index in [0.717, 1.165) is 6.54 Å². The van der Waals surface area contributed by atoms with Gasteiger partial charge in [0.15, 0.2) is 5.78 Å². The van der Waals surface area contributed by atoms with Crippen LogP contribution in [0.25, 0.3) is 0 Å². The van der Waals surface area contributed by atoms with E-state index >= 15 is 0 Å². The van der Waals surface area contributed by atoms with Gasteiger partial charge in [-0.1, -0.05) is 0 Å². The van der Waals surface area contributed by atoms with Crippen LogP contribution in [0.1, 0.15) is 19.3 Å². The van der Waals surface area contributed by atoms with Crippen LogP contribution >= 0.6 is 0 Å². The van der Waals surface area contributed by atoms with Crippen molar-refractivity contribution in [2.24, 2.45) is 5.92 Å². The van der Waals surface area contributed by atoms with Crippen molar-refractivity contribution >= 4 is 11.7 Å². The van der Waals surface area contributed by atoms with Crippen LogP contribution in [0.5, 0.6) is 0 Å². The lowest BCUT2D eigenvalue weighted by Crippen LogP contribution is -2.42. The normalized spacial score (nSPS) is 24.1. The molecule has 0 N–H and O–H groups in total. The number of carbonyl (C=O) groups excluding carboxylic acids is 2. The van der Waals surface area contributed by atoms with Crippen LogP contribution in [0.15, 0.2) is 11.8 Å². The smallest absolute Gasteiger partial charge is 0.258 e. The molecule has 0 aromatic heterocycles.